The largest absolute Gasteiger partial charge is 0.497 e. The van der Waals surface area contributed by atoms with Crippen molar-refractivity contribution in [1.29, 1.82) is 0 Å². The first-order valence-corrected chi connectivity index (χ1v) is 9.87. The third kappa shape index (κ3) is 2.92. The smallest absolute Gasteiger partial charge is 0.161 e. The van der Waals surface area contributed by atoms with Crippen molar-refractivity contribution in [1.82, 2.24) is 4.98 Å². The average Bonchev–Trinajstić information content (AvgIpc) is 3.13. The minimum Gasteiger partial charge on any atom is -0.497 e. The molecule has 31 heavy (non-hydrogen) atoms. The van der Waals surface area contributed by atoms with Crippen molar-refractivity contribution < 1.29 is 9.53 Å². The maximum Gasteiger partial charge on any atom is 0.161 e. The number of carbonyl (C=O) groups excluding carboxylic acids is 1. The lowest BCUT2D eigenvalue weighted by Gasteiger charge is -2.17. The summed E-state index contributed by atoms with van der Waals surface area (Å²) in [6, 6.07) is 20.7. The summed E-state index contributed by atoms with van der Waals surface area (Å²) in [6.45, 7) is 1.54. The molecular formula is C25H19N3O3. The molecule has 0 radical (unpaired) electrons. The molecule has 6 nitrogen and oxygen atoms in total. The number of benzene rings is 3. The summed E-state index contributed by atoms with van der Waals surface area (Å²) in [7, 11) is 1.59. The summed E-state index contributed by atoms with van der Waals surface area (Å²) in [6.07, 6.45) is 0. The van der Waals surface area contributed by atoms with Crippen LogP contribution in [0.15, 0.2) is 71.9 Å². The fourth-order valence-corrected chi connectivity index (χ4v) is 4.20. The molecule has 6 heteroatoms. The predicted molar refractivity (Wildman–Crippen MR) is 124 cm³/mol. The van der Waals surface area contributed by atoms with Crippen LogP contribution in [0.4, 0.5) is 17.2 Å². The van der Waals surface area contributed by atoms with Crippen molar-refractivity contribution >= 4 is 44.7 Å². The average molecular weight is 409 g/mol. The van der Waals surface area contributed by atoms with Gasteiger partial charge in [0.15, 0.2) is 5.78 Å². The van der Waals surface area contributed by atoms with Crippen LogP contribution in [0.5, 0.6) is 5.75 Å². The van der Waals surface area contributed by atoms with E-state index >= 15 is 0 Å². The van der Waals surface area contributed by atoms with Crippen molar-refractivity contribution in [2.24, 2.45) is 5.18 Å². The lowest BCUT2D eigenvalue weighted by Crippen LogP contribution is -2.03. The monoisotopic (exact) mass is 409 g/mol. The molecule has 0 unspecified atom stereocenters. The van der Waals surface area contributed by atoms with Crippen LogP contribution in [0.1, 0.15) is 17.3 Å². The van der Waals surface area contributed by atoms with Crippen molar-refractivity contribution in [3.8, 4) is 16.9 Å². The maximum absolute atomic E-state index is 12.1. The Hall–Kier alpha value is -4.19. The van der Waals surface area contributed by atoms with E-state index in [0.717, 1.165) is 32.8 Å². The standard InChI is InChI=1S/C25H19N3O3/c1-14(29)16-7-3-5-9-20(16)26-25-23-17-12-11-15(31-2)13-19(17)24(28-30)22(23)18-8-4-6-10-21(18)27-25/h3-13,26-27H,1-2H3. The molecule has 3 aromatic carbocycles. The predicted octanol–water partition coefficient (Wildman–Crippen LogP) is 6.78. The number of ketones is 1. The van der Waals surface area contributed by atoms with Gasteiger partial charge in [-0.1, -0.05) is 30.3 Å². The van der Waals surface area contributed by atoms with E-state index in [4.69, 9.17) is 4.74 Å². The van der Waals surface area contributed by atoms with Crippen molar-refractivity contribution in [2.45, 2.75) is 6.92 Å². The van der Waals surface area contributed by atoms with Gasteiger partial charge < -0.3 is 15.0 Å². The zero-order valence-electron chi connectivity index (χ0n) is 17.0. The molecule has 2 N–H and O–H groups in total. The van der Waals surface area contributed by atoms with Gasteiger partial charge in [-0.25, -0.2) is 0 Å². The topological polar surface area (TPSA) is 83.5 Å². The number of Topliss-reactive ketones (excluding diaryl/α,β-unsaturated/α-hetero) is 1. The van der Waals surface area contributed by atoms with Gasteiger partial charge in [-0.05, 0) is 53.9 Å². The first kappa shape index (κ1) is 18.8. The summed E-state index contributed by atoms with van der Waals surface area (Å²) in [5, 5.41) is 9.29. The van der Waals surface area contributed by atoms with Gasteiger partial charge in [0.1, 0.15) is 17.3 Å². The van der Waals surface area contributed by atoms with Gasteiger partial charge in [-0.15, -0.1) is 4.91 Å². The highest BCUT2D eigenvalue weighted by Crippen LogP contribution is 2.52. The van der Waals surface area contributed by atoms with Crippen LogP contribution in [0, 0.1) is 4.91 Å². The number of nitroso groups, excluding NO2 is 1. The number of nitrogens with zero attached hydrogens (tertiary/aromatic N) is 1. The molecular weight excluding hydrogens is 390 g/mol. The molecule has 0 fully saturated rings. The highest BCUT2D eigenvalue weighted by atomic mass is 16.5. The SMILES string of the molecule is COc1ccc2c3c(Nc4ccccc4C(C)=O)[nH]c4ccccc4c-3c(N=O)c2c1. The second-order valence-corrected chi connectivity index (χ2v) is 7.37. The zero-order chi connectivity index (χ0) is 21.5. The Morgan fingerprint density at radius 3 is 2.48 bits per heavy atom. The van der Waals surface area contributed by atoms with Gasteiger partial charge in [0.2, 0.25) is 0 Å². The fraction of sp³-hybridized carbons (Fsp3) is 0.0800. The normalized spacial score (nSPS) is 11.2. The van der Waals surface area contributed by atoms with Crippen LogP contribution in [0.25, 0.3) is 32.8 Å². The molecule has 0 aromatic heterocycles. The molecule has 1 heterocycles. The van der Waals surface area contributed by atoms with Crippen LogP contribution in [0.2, 0.25) is 0 Å². The Morgan fingerprint density at radius 1 is 0.935 bits per heavy atom. The summed E-state index contributed by atoms with van der Waals surface area (Å²) >= 11 is 0. The van der Waals surface area contributed by atoms with E-state index in [1.54, 1.807) is 20.1 Å². The van der Waals surface area contributed by atoms with Crippen LogP contribution in [-0.2, 0) is 0 Å². The van der Waals surface area contributed by atoms with Gasteiger partial charge in [-0.3, -0.25) is 4.79 Å². The third-order valence-electron chi connectivity index (χ3n) is 5.60. The number of carbonyl (C=O) groups is 1. The van der Waals surface area contributed by atoms with E-state index < -0.39 is 0 Å². The summed E-state index contributed by atoms with van der Waals surface area (Å²) in [5.41, 5.74) is 4.09. The Balaban J connectivity index is 1.88. The van der Waals surface area contributed by atoms with Gasteiger partial charge in [-0.2, -0.15) is 0 Å². The summed E-state index contributed by atoms with van der Waals surface area (Å²) in [5.74, 6) is 1.30. The van der Waals surface area contributed by atoms with E-state index in [9.17, 15) is 9.70 Å². The number of hydrogen-bond donors (Lipinski definition) is 2. The van der Waals surface area contributed by atoms with Gasteiger partial charge >= 0.3 is 0 Å². The molecule has 1 aliphatic carbocycles. The molecule has 2 aliphatic rings. The van der Waals surface area contributed by atoms with E-state index in [1.807, 2.05) is 60.7 Å². The van der Waals surface area contributed by atoms with Gasteiger partial charge in [0, 0.05) is 33.0 Å². The minimum absolute atomic E-state index is 0.0347. The van der Waals surface area contributed by atoms with Crippen LogP contribution < -0.4 is 10.1 Å². The second kappa shape index (κ2) is 7.25. The fourth-order valence-electron chi connectivity index (χ4n) is 4.20. The highest BCUT2D eigenvalue weighted by molar-refractivity contribution is 6.22. The number of aromatic amines is 1. The van der Waals surface area contributed by atoms with Crippen molar-refractivity contribution in [2.75, 3.05) is 12.4 Å². The van der Waals surface area contributed by atoms with E-state index in [-0.39, 0.29) is 5.78 Å². The number of H-pyrrole nitrogens is 1. The number of para-hydroxylation sites is 2. The quantitative estimate of drug-likeness (QED) is 0.248. The van der Waals surface area contributed by atoms with Crippen molar-refractivity contribution in [3.05, 3.63) is 77.2 Å². The Bertz CT molecular complexity index is 1450. The van der Waals surface area contributed by atoms with E-state index in [0.29, 0.717) is 28.5 Å². The zero-order valence-corrected chi connectivity index (χ0v) is 17.0. The highest BCUT2D eigenvalue weighted by Gasteiger charge is 2.26. The first-order valence-electron chi connectivity index (χ1n) is 9.87. The number of hydrogen-bond acceptors (Lipinski definition) is 5. The Labute approximate surface area is 178 Å². The van der Waals surface area contributed by atoms with Crippen molar-refractivity contribution in [3.63, 3.8) is 0 Å². The molecule has 3 aromatic rings. The number of anilines is 2. The molecule has 0 spiro atoms. The minimum atomic E-state index is -0.0347. The van der Waals surface area contributed by atoms with E-state index in [1.165, 1.54) is 0 Å². The Kier molecular flexibility index (Phi) is 4.40. The number of nitrogens with one attached hydrogen (secondary N) is 2. The molecule has 0 atom stereocenters. The Morgan fingerprint density at radius 2 is 1.71 bits per heavy atom. The lowest BCUT2D eigenvalue weighted by molar-refractivity contribution is 0.101. The van der Waals surface area contributed by atoms with Crippen LogP contribution in [0.3, 0.4) is 0 Å². The number of pyridine rings is 1. The molecule has 0 saturated carbocycles. The molecule has 152 valence electrons. The van der Waals surface area contributed by atoms with Gasteiger partial charge in [0.05, 0.1) is 12.8 Å². The number of rotatable bonds is 5. The second-order valence-electron chi connectivity index (χ2n) is 7.37. The maximum atomic E-state index is 12.1. The third-order valence-corrected chi connectivity index (χ3v) is 5.60. The van der Waals surface area contributed by atoms with Gasteiger partial charge in [0.25, 0.3) is 0 Å². The summed E-state index contributed by atoms with van der Waals surface area (Å²) < 4.78 is 5.37. The number of ether oxygens (including phenoxy) is 1. The summed E-state index contributed by atoms with van der Waals surface area (Å²) in [4.78, 5) is 27.6. The number of methoxy groups -OCH3 is 1. The molecule has 0 amide bonds. The number of fused-ring (bicyclic) bond motifs is 5. The first-order chi connectivity index (χ1) is 15.1. The molecule has 0 bridgehead atoms. The molecule has 1 aliphatic heterocycles. The molecule has 0 saturated heterocycles. The lowest BCUT2D eigenvalue weighted by atomic mass is 10.0. The van der Waals surface area contributed by atoms with E-state index in [2.05, 4.69) is 15.5 Å². The van der Waals surface area contributed by atoms with Crippen LogP contribution in [-0.4, -0.2) is 17.9 Å². The number of aromatic nitrogens is 1. The van der Waals surface area contributed by atoms with Crippen LogP contribution >= 0.6 is 0 Å². The molecule has 5 rings (SSSR count).